The summed E-state index contributed by atoms with van der Waals surface area (Å²) in [7, 11) is -3.73. The van der Waals surface area contributed by atoms with E-state index in [1.54, 1.807) is 45.6 Å². The van der Waals surface area contributed by atoms with Crippen molar-refractivity contribution < 1.29 is 23.1 Å². The number of aromatic nitrogens is 3. The van der Waals surface area contributed by atoms with Gasteiger partial charge in [0.1, 0.15) is 16.9 Å². The second-order valence-corrected chi connectivity index (χ2v) is 13.1. The summed E-state index contributed by atoms with van der Waals surface area (Å²) in [6, 6.07) is 7.16. The minimum absolute atomic E-state index is 0.105. The molecule has 0 saturated carbocycles. The third-order valence-corrected chi connectivity index (χ3v) is 6.75. The molecular formula is C26H33N5O6S. The molecule has 0 bridgehead atoms. The Hall–Kier alpha value is -3.51. The fourth-order valence-electron chi connectivity index (χ4n) is 4.43. The number of hydrogen-bond donors (Lipinski definition) is 1. The van der Waals surface area contributed by atoms with E-state index < -0.39 is 37.8 Å². The number of carbonyl (C=O) groups is 1. The molecule has 0 atom stereocenters. The zero-order chi connectivity index (χ0) is 28.2. The molecule has 1 aliphatic rings. The maximum Gasteiger partial charge on any atom is 0.414 e. The largest absolute Gasteiger partial charge is 0.443 e. The van der Waals surface area contributed by atoms with E-state index >= 15 is 0 Å². The van der Waals surface area contributed by atoms with Gasteiger partial charge < -0.3 is 14.7 Å². The van der Waals surface area contributed by atoms with Crippen molar-refractivity contribution in [2.24, 2.45) is 0 Å². The minimum Gasteiger partial charge on any atom is -0.443 e. The van der Waals surface area contributed by atoms with Gasteiger partial charge in [-0.25, -0.2) is 18.2 Å². The number of hydrogen-bond acceptors (Lipinski definition) is 9. The molecule has 11 nitrogen and oxygen atoms in total. The highest BCUT2D eigenvalue weighted by Gasteiger charge is 2.33. The smallest absolute Gasteiger partial charge is 0.414 e. The standard InChI is InChI=1S/C26H33N5O6S/c1-16-9-8-10-18-20(16)30(24(33)37-25(2,3)4)12-11-29(18)19-13-17-14-27-23(38(7,35)36)28-21(17)31(22(19)32)15-26(5,6)34/h8-10,13-14,34H,11-12,15H2,1-7H3. The van der Waals surface area contributed by atoms with Crippen LogP contribution in [0.4, 0.5) is 21.9 Å². The number of ether oxygens (including phenoxy) is 1. The molecular weight excluding hydrogens is 510 g/mol. The Morgan fingerprint density at radius 2 is 1.82 bits per heavy atom. The van der Waals surface area contributed by atoms with Gasteiger partial charge in [-0.05, 0) is 59.2 Å². The molecule has 204 valence electrons. The summed E-state index contributed by atoms with van der Waals surface area (Å²) < 4.78 is 31.1. The van der Waals surface area contributed by atoms with Crippen LogP contribution in [0.5, 0.6) is 0 Å². The monoisotopic (exact) mass is 543 g/mol. The second-order valence-electron chi connectivity index (χ2n) is 11.2. The van der Waals surface area contributed by atoms with Crippen LogP contribution in [0, 0.1) is 6.92 Å². The van der Waals surface area contributed by atoms with Gasteiger partial charge >= 0.3 is 6.09 Å². The Morgan fingerprint density at radius 3 is 2.42 bits per heavy atom. The number of aryl methyl sites for hydroxylation is 1. The molecule has 2 aromatic heterocycles. The number of anilines is 3. The summed E-state index contributed by atoms with van der Waals surface area (Å²) >= 11 is 0. The normalized spacial score (nSPS) is 14.5. The number of para-hydroxylation sites is 1. The molecule has 1 aliphatic heterocycles. The van der Waals surface area contributed by atoms with E-state index in [4.69, 9.17) is 4.74 Å². The topological polar surface area (TPSA) is 135 Å². The number of nitrogens with zero attached hydrogens (tertiary/aromatic N) is 5. The number of rotatable bonds is 4. The lowest BCUT2D eigenvalue weighted by atomic mass is 10.1. The molecule has 0 unspecified atom stereocenters. The van der Waals surface area contributed by atoms with Gasteiger partial charge in [-0.2, -0.15) is 4.98 Å². The van der Waals surface area contributed by atoms with E-state index in [0.29, 0.717) is 23.3 Å². The molecule has 0 saturated heterocycles. The Bertz CT molecular complexity index is 1580. The highest BCUT2D eigenvalue weighted by atomic mass is 32.2. The summed E-state index contributed by atoms with van der Waals surface area (Å²) in [6.45, 7) is 10.8. The lowest BCUT2D eigenvalue weighted by molar-refractivity contribution is 0.0577. The van der Waals surface area contributed by atoms with E-state index in [-0.39, 0.29) is 24.4 Å². The molecule has 4 rings (SSSR count). The van der Waals surface area contributed by atoms with Crippen LogP contribution in [0.25, 0.3) is 11.0 Å². The minimum atomic E-state index is -3.73. The van der Waals surface area contributed by atoms with Gasteiger partial charge in [0.25, 0.3) is 5.56 Å². The van der Waals surface area contributed by atoms with Gasteiger partial charge in [0.05, 0.1) is 23.5 Å². The molecule has 12 heteroatoms. The van der Waals surface area contributed by atoms with Crippen LogP contribution in [0.15, 0.2) is 40.4 Å². The number of pyridine rings is 1. The van der Waals surface area contributed by atoms with Crippen LogP contribution in [-0.4, -0.2) is 64.7 Å². The molecule has 38 heavy (non-hydrogen) atoms. The van der Waals surface area contributed by atoms with Crippen molar-refractivity contribution in [2.45, 2.75) is 64.4 Å². The van der Waals surface area contributed by atoms with E-state index in [0.717, 1.165) is 11.8 Å². The highest BCUT2D eigenvalue weighted by molar-refractivity contribution is 7.90. The first-order valence-corrected chi connectivity index (χ1v) is 14.1. The summed E-state index contributed by atoms with van der Waals surface area (Å²) in [5.74, 6) is 0. The zero-order valence-electron chi connectivity index (χ0n) is 22.6. The van der Waals surface area contributed by atoms with Gasteiger partial charge in [0, 0.05) is 30.9 Å². The van der Waals surface area contributed by atoms with Crippen molar-refractivity contribution in [3.63, 3.8) is 0 Å². The van der Waals surface area contributed by atoms with Crippen LogP contribution in [0.1, 0.15) is 40.2 Å². The van der Waals surface area contributed by atoms with Crippen molar-refractivity contribution in [1.29, 1.82) is 0 Å². The molecule has 3 heterocycles. The SMILES string of the molecule is Cc1cccc2c1N(C(=O)OC(C)(C)C)CCN2c1cc2cnc(S(C)(=O)=O)nc2n(CC(C)(C)O)c1=O. The Kier molecular flexibility index (Phi) is 6.77. The second kappa shape index (κ2) is 9.35. The summed E-state index contributed by atoms with van der Waals surface area (Å²) in [4.78, 5) is 38.5. The van der Waals surface area contributed by atoms with Crippen molar-refractivity contribution in [2.75, 3.05) is 29.1 Å². The summed E-state index contributed by atoms with van der Waals surface area (Å²) in [5.41, 5.74) is 0.0573. The molecule has 0 radical (unpaired) electrons. The highest BCUT2D eigenvalue weighted by Crippen LogP contribution is 2.40. The fourth-order valence-corrected chi connectivity index (χ4v) is 4.92. The first-order chi connectivity index (χ1) is 17.5. The van der Waals surface area contributed by atoms with Crippen molar-refractivity contribution in [3.05, 3.63) is 46.4 Å². The van der Waals surface area contributed by atoms with Gasteiger partial charge in [-0.1, -0.05) is 12.1 Å². The lowest BCUT2D eigenvalue weighted by Crippen LogP contribution is -2.46. The molecule has 0 aliphatic carbocycles. The maximum absolute atomic E-state index is 13.9. The van der Waals surface area contributed by atoms with Crippen molar-refractivity contribution >= 4 is 44.0 Å². The number of benzene rings is 1. The maximum atomic E-state index is 13.9. The molecule has 0 fully saturated rings. The summed E-state index contributed by atoms with van der Waals surface area (Å²) in [6.07, 6.45) is 1.87. The van der Waals surface area contributed by atoms with Gasteiger partial charge in [-0.15, -0.1) is 0 Å². The third-order valence-electron chi connectivity index (χ3n) is 5.89. The number of aliphatic hydroxyl groups is 1. The van der Waals surface area contributed by atoms with E-state index in [9.17, 15) is 23.1 Å². The van der Waals surface area contributed by atoms with E-state index in [1.807, 2.05) is 30.0 Å². The Morgan fingerprint density at radius 1 is 1.13 bits per heavy atom. The predicted molar refractivity (Wildman–Crippen MR) is 145 cm³/mol. The van der Waals surface area contributed by atoms with Crippen LogP contribution in [0.3, 0.4) is 0 Å². The van der Waals surface area contributed by atoms with E-state index in [2.05, 4.69) is 9.97 Å². The van der Waals surface area contributed by atoms with E-state index in [1.165, 1.54) is 10.8 Å². The predicted octanol–water partition coefficient (Wildman–Crippen LogP) is 3.17. The third kappa shape index (κ3) is 5.51. The average Bonchev–Trinajstić information content (AvgIpc) is 2.77. The Balaban J connectivity index is 1.92. The zero-order valence-corrected chi connectivity index (χ0v) is 23.5. The van der Waals surface area contributed by atoms with Gasteiger partial charge in [0.2, 0.25) is 15.0 Å². The number of fused-ring (bicyclic) bond motifs is 2. The van der Waals surface area contributed by atoms with Crippen LogP contribution < -0.4 is 15.4 Å². The molecule has 3 aromatic rings. The lowest BCUT2D eigenvalue weighted by Gasteiger charge is -2.39. The van der Waals surface area contributed by atoms with Crippen LogP contribution in [-0.2, 0) is 21.1 Å². The van der Waals surface area contributed by atoms with Crippen LogP contribution in [0.2, 0.25) is 0 Å². The molecule has 1 amide bonds. The van der Waals surface area contributed by atoms with Crippen LogP contribution >= 0.6 is 0 Å². The number of sulfone groups is 1. The van der Waals surface area contributed by atoms with Crippen molar-refractivity contribution in [3.8, 4) is 0 Å². The molecule has 0 spiro atoms. The fraction of sp³-hybridized carbons (Fsp3) is 0.462. The quantitative estimate of drug-likeness (QED) is 0.492. The van der Waals surface area contributed by atoms with Gasteiger partial charge in [-0.3, -0.25) is 14.3 Å². The number of amides is 1. The van der Waals surface area contributed by atoms with Crippen molar-refractivity contribution in [1.82, 2.24) is 14.5 Å². The first-order valence-electron chi connectivity index (χ1n) is 12.2. The average molecular weight is 544 g/mol. The number of carbonyl (C=O) groups excluding carboxylic acids is 1. The first kappa shape index (κ1) is 27.5. The molecule has 1 N–H and O–H groups in total. The summed E-state index contributed by atoms with van der Waals surface area (Å²) in [5, 5.41) is 10.6. The Labute approximate surface area is 221 Å². The van der Waals surface area contributed by atoms with Gasteiger partial charge in [0.15, 0.2) is 0 Å². The molecule has 1 aromatic carbocycles.